The molecule has 0 atom stereocenters. The van der Waals surface area contributed by atoms with Gasteiger partial charge in [0.15, 0.2) is 18.5 Å². The predicted octanol–water partition coefficient (Wildman–Crippen LogP) is 0.602. The highest BCUT2D eigenvalue weighted by atomic mass is 79.9. The van der Waals surface area contributed by atoms with E-state index in [4.69, 9.17) is 10.00 Å². The second kappa shape index (κ2) is 7.75. The van der Waals surface area contributed by atoms with Crippen molar-refractivity contribution in [3.05, 3.63) is 71.9 Å². The fourth-order valence-electron chi connectivity index (χ4n) is 2.75. The van der Waals surface area contributed by atoms with Gasteiger partial charge in [-0.2, -0.15) is 9.83 Å². The van der Waals surface area contributed by atoms with Crippen molar-refractivity contribution in [1.82, 2.24) is 0 Å². The van der Waals surface area contributed by atoms with Crippen molar-refractivity contribution in [1.29, 1.82) is 5.26 Å². The van der Waals surface area contributed by atoms with E-state index in [0.717, 1.165) is 12.3 Å². The number of nitrogens with zero attached hydrogens (tertiary/aromatic N) is 2. The van der Waals surface area contributed by atoms with Crippen molar-refractivity contribution in [3.8, 4) is 11.8 Å². The van der Waals surface area contributed by atoms with Gasteiger partial charge in [-0.25, -0.2) is 0 Å². The summed E-state index contributed by atoms with van der Waals surface area (Å²) in [6.07, 6.45) is 2.12. The molecular formula is C19H17BrN2O. The van der Waals surface area contributed by atoms with E-state index >= 15 is 0 Å². The van der Waals surface area contributed by atoms with Crippen molar-refractivity contribution >= 4 is 10.9 Å². The molecule has 0 bridgehead atoms. The number of pyridine rings is 1. The van der Waals surface area contributed by atoms with Crippen molar-refractivity contribution in [2.75, 3.05) is 0 Å². The number of hydrogen-bond acceptors (Lipinski definition) is 2. The molecule has 3 nitrogen and oxygen atoms in total. The van der Waals surface area contributed by atoms with Crippen LogP contribution < -0.4 is 26.3 Å². The van der Waals surface area contributed by atoms with E-state index in [1.165, 1.54) is 29.0 Å². The monoisotopic (exact) mass is 368 g/mol. The van der Waals surface area contributed by atoms with Crippen LogP contribution in [0.15, 0.2) is 60.8 Å². The molecule has 2 aromatic carbocycles. The zero-order chi connectivity index (χ0) is 15.4. The number of benzene rings is 2. The Bertz CT molecular complexity index is 850. The van der Waals surface area contributed by atoms with Crippen LogP contribution in [0.3, 0.4) is 0 Å². The third-order valence-electron chi connectivity index (χ3n) is 3.70. The molecule has 0 fully saturated rings. The lowest BCUT2D eigenvalue weighted by molar-refractivity contribution is -0.662. The third kappa shape index (κ3) is 3.52. The Morgan fingerprint density at radius 1 is 1.00 bits per heavy atom. The molecule has 0 amide bonds. The van der Waals surface area contributed by atoms with E-state index in [-0.39, 0.29) is 17.0 Å². The predicted molar refractivity (Wildman–Crippen MR) is 85.3 cm³/mol. The molecule has 4 rings (SSSR count). The zero-order valence-corrected chi connectivity index (χ0v) is 14.5. The molecule has 3 aromatic rings. The fraction of sp³-hybridized carbons (Fsp3) is 0.158. The average molecular weight is 369 g/mol. The molecule has 0 saturated carbocycles. The van der Waals surface area contributed by atoms with Gasteiger partial charge in [-0.05, 0) is 23.8 Å². The van der Waals surface area contributed by atoms with Gasteiger partial charge >= 0.3 is 0 Å². The molecule has 4 heteroatoms. The molecule has 0 N–H and O–H groups in total. The van der Waals surface area contributed by atoms with Gasteiger partial charge in [-0.3, -0.25) is 0 Å². The molecule has 1 aromatic heterocycles. The molecule has 1 aliphatic heterocycles. The maximum Gasteiger partial charge on any atom is 0.255 e. The number of aromatic nitrogens is 1. The summed E-state index contributed by atoms with van der Waals surface area (Å²) in [5, 5.41) is 8.54. The Hall–Kier alpha value is -2.38. The second-order valence-electron chi connectivity index (χ2n) is 5.11. The average Bonchev–Trinajstić information content (AvgIpc) is 2.53. The largest absolute Gasteiger partial charge is 1.00 e. The molecule has 2 heterocycles. The van der Waals surface area contributed by atoms with Crippen LogP contribution in [0, 0.1) is 11.3 Å². The standard InChI is InChI=1S/C17H14NO.C2H3N.BrH/c1-2-6-15-12-19-16-9-3-7-13-8-4-10-18(17(13)16)11-14(15)5-1;1-2-3;/h1-10H,11-12H2;1H3;1H/q+1;;/p-1. The van der Waals surface area contributed by atoms with Crippen LogP contribution in [0.2, 0.25) is 0 Å². The minimum absolute atomic E-state index is 0. The minimum atomic E-state index is 0. The number of hydrogen-bond donors (Lipinski definition) is 0. The molecule has 0 unspecified atom stereocenters. The first-order chi connectivity index (χ1) is 10.8. The van der Waals surface area contributed by atoms with Gasteiger partial charge in [0.2, 0.25) is 0 Å². The highest BCUT2D eigenvalue weighted by Gasteiger charge is 2.19. The molecule has 23 heavy (non-hydrogen) atoms. The summed E-state index contributed by atoms with van der Waals surface area (Å²) in [4.78, 5) is 0. The SMILES string of the molecule is CC#N.[Br-].c1ccc2c(c1)COc1cccc3ccc[n+](c13)C2. The van der Waals surface area contributed by atoms with Gasteiger partial charge < -0.3 is 21.7 Å². The van der Waals surface area contributed by atoms with Crippen LogP contribution in [0.25, 0.3) is 10.9 Å². The first-order valence-corrected chi connectivity index (χ1v) is 7.25. The van der Waals surface area contributed by atoms with Gasteiger partial charge in [-0.15, -0.1) is 0 Å². The lowest BCUT2D eigenvalue weighted by atomic mass is 10.1. The smallest absolute Gasteiger partial charge is 0.255 e. The number of para-hydroxylation sites is 1. The lowest BCUT2D eigenvalue weighted by Crippen LogP contribution is -3.00. The van der Waals surface area contributed by atoms with Crippen LogP contribution in [0.5, 0.6) is 5.75 Å². The number of fused-ring (bicyclic) bond motifs is 1. The molecule has 1 aliphatic rings. The summed E-state index contributed by atoms with van der Waals surface area (Å²) in [5.74, 6) is 0.965. The first kappa shape index (κ1) is 17.0. The Morgan fingerprint density at radius 2 is 1.70 bits per heavy atom. The van der Waals surface area contributed by atoms with E-state index < -0.39 is 0 Å². The van der Waals surface area contributed by atoms with Crippen LogP contribution >= 0.6 is 0 Å². The number of nitriles is 1. The molecule has 0 radical (unpaired) electrons. The van der Waals surface area contributed by atoms with Crippen LogP contribution in [-0.4, -0.2) is 0 Å². The normalized spacial score (nSPS) is 11.3. The topological polar surface area (TPSA) is 36.9 Å². The third-order valence-corrected chi connectivity index (χ3v) is 3.70. The Kier molecular flexibility index (Phi) is 5.72. The van der Waals surface area contributed by atoms with Gasteiger partial charge in [-0.1, -0.05) is 30.3 Å². The summed E-state index contributed by atoms with van der Waals surface area (Å²) >= 11 is 0. The maximum absolute atomic E-state index is 7.32. The summed E-state index contributed by atoms with van der Waals surface area (Å²) in [7, 11) is 0. The summed E-state index contributed by atoms with van der Waals surface area (Å²) < 4.78 is 8.27. The zero-order valence-electron chi connectivity index (χ0n) is 12.9. The van der Waals surface area contributed by atoms with Crippen molar-refractivity contribution in [2.24, 2.45) is 0 Å². The van der Waals surface area contributed by atoms with E-state index in [1.54, 1.807) is 6.07 Å². The van der Waals surface area contributed by atoms with Gasteiger partial charge in [0, 0.05) is 18.6 Å². The van der Waals surface area contributed by atoms with E-state index in [2.05, 4.69) is 59.3 Å². The van der Waals surface area contributed by atoms with Gasteiger partial charge in [0.1, 0.15) is 6.61 Å². The fourth-order valence-corrected chi connectivity index (χ4v) is 2.75. The summed E-state index contributed by atoms with van der Waals surface area (Å²) in [6, 6.07) is 20.7. The Labute approximate surface area is 146 Å². The van der Waals surface area contributed by atoms with Crippen molar-refractivity contribution < 1.29 is 26.3 Å². The van der Waals surface area contributed by atoms with E-state index in [0.29, 0.717) is 6.61 Å². The van der Waals surface area contributed by atoms with Crippen LogP contribution in [0.1, 0.15) is 18.1 Å². The van der Waals surface area contributed by atoms with Gasteiger partial charge in [0.05, 0.1) is 11.5 Å². The molecular weight excluding hydrogens is 352 g/mol. The Balaban J connectivity index is 0.000000448. The number of rotatable bonds is 0. The van der Waals surface area contributed by atoms with Crippen LogP contribution in [-0.2, 0) is 13.2 Å². The molecule has 0 aliphatic carbocycles. The minimum Gasteiger partial charge on any atom is -1.00 e. The summed E-state index contributed by atoms with van der Waals surface area (Å²) in [5.41, 5.74) is 3.77. The molecule has 116 valence electrons. The van der Waals surface area contributed by atoms with Crippen LogP contribution in [0.4, 0.5) is 0 Å². The molecule has 0 spiro atoms. The van der Waals surface area contributed by atoms with Gasteiger partial charge in [0.25, 0.3) is 5.52 Å². The van der Waals surface area contributed by atoms with E-state index in [9.17, 15) is 0 Å². The summed E-state index contributed by atoms with van der Waals surface area (Å²) in [6.45, 7) is 2.97. The van der Waals surface area contributed by atoms with E-state index in [1.807, 2.05) is 6.07 Å². The van der Waals surface area contributed by atoms with Crippen molar-refractivity contribution in [3.63, 3.8) is 0 Å². The second-order valence-corrected chi connectivity index (χ2v) is 5.11. The highest BCUT2D eigenvalue weighted by Crippen LogP contribution is 2.25. The maximum atomic E-state index is 7.32. The Morgan fingerprint density at radius 3 is 2.48 bits per heavy atom. The quantitative estimate of drug-likeness (QED) is 0.545. The number of halogens is 1. The molecule has 0 saturated heterocycles. The number of ether oxygens (including phenoxy) is 1. The van der Waals surface area contributed by atoms with Crippen molar-refractivity contribution in [2.45, 2.75) is 20.1 Å². The lowest BCUT2D eigenvalue weighted by Gasteiger charge is -2.14. The highest BCUT2D eigenvalue weighted by molar-refractivity contribution is 5.81. The first-order valence-electron chi connectivity index (χ1n) is 7.25.